The molecule has 0 atom stereocenters. The Balaban J connectivity index is 1.42. The summed E-state index contributed by atoms with van der Waals surface area (Å²) in [6.07, 6.45) is 10.5. The van der Waals surface area contributed by atoms with Crippen molar-refractivity contribution in [3.8, 4) is 23.0 Å². The SMILES string of the molecule is C/C=C/CCC1CCC(C#Cc2ccc(-c3ccc4c(F)c(C=C(F)F)ccc4c3)cc2)CC1. The zero-order valence-electron chi connectivity index (χ0n) is 19.5. The quantitative estimate of drug-likeness (QED) is 0.264. The van der Waals surface area contributed by atoms with Crippen LogP contribution in [0.25, 0.3) is 28.0 Å². The van der Waals surface area contributed by atoms with E-state index in [2.05, 4.69) is 30.9 Å². The number of benzene rings is 3. The molecule has 0 amide bonds. The van der Waals surface area contributed by atoms with E-state index in [-0.39, 0.29) is 5.56 Å². The Morgan fingerprint density at radius 1 is 0.941 bits per heavy atom. The number of rotatable bonds is 5. The van der Waals surface area contributed by atoms with Crippen molar-refractivity contribution in [3.05, 3.63) is 89.8 Å². The molecule has 0 N–H and O–H groups in total. The van der Waals surface area contributed by atoms with Crippen LogP contribution < -0.4 is 0 Å². The van der Waals surface area contributed by atoms with Gasteiger partial charge in [-0.25, -0.2) is 4.39 Å². The number of allylic oxidation sites excluding steroid dienone is 2. The van der Waals surface area contributed by atoms with Crippen LogP contribution in [-0.2, 0) is 0 Å². The van der Waals surface area contributed by atoms with Gasteiger partial charge in [0.2, 0.25) is 0 Å². The molecule has 0 aliphatic heterocycles. The Morgan fingerprint density at radius 2 is 1.68 bits per heavy atom. The highest BCUT2D eigenvalue weighted by Gasteiger charge is 2.19. The molecule has 0 bridgehead atoms. The van der Waals surface area contributed by atoms with E-state index < -0.39 is 11.9 Å². The summed E-state index contributed by atoms with van der Waals surface area (Å²) >= 11 is 0. The van der Waals surface area contributed by atoms with E-state index in [1.807, 2.05) is 36.4 Å². The van der Waals surface area contributed by atoms with Crippen molar-refractivity contribution < 1.29 is 13.2 Å². The summed E-state index contributed by atoms with van der Waals surface area (Å²) in [6.45, 7) is 2.08. The van der Waals surface area contributed by atoms with Crippen LogP contribution in [-0.4, -0.2) is 0 Å². The van der Waals surface area contributed by atoms with E-state index in [4.69, 9.17) is 0 Å². The standard InChI is InChI=1S/C31H29F3/c1-2-3-4-5-22-6-8-23(9-7-22)10-11-24-12-14-25(15-13-24)26-18-19-29-27(20-26)16-17-28(31(29)34)21-30(32)33/h2-3,12-23H,4-9H2,1H3/b3-2+. The molecule has 0 saturated heterocycles. The highest BCUT2D eigenvalue weighted by Crippen LogP contribution is 2.32. The van der Waals surface area contributed by atoms with Gasteiger partial charge in [-0.2, -0.15) is 8.78 Å². The molecule has 0 heterocycles. The molecule has 174 valence electrons. The van der Waals surface area contributed by atoms with Gasteiger partial charge in [-0.05, 0) is 86.1 Å². The minimum absolute atomic E-state index is 0.106. The summed E-state index contributed by atoms with van der Waals surface area (Å²) in [7, 11) is 0. The van der Waals surface area contributed by atoms with Crippen LogP contribution in [0, 0.1) is 29.5 Å². The third kappa shape index (κ3) is 6.00. The van der Waals surface area contributed by atoms with Crippen molar-refractivity contribution in [1.82, 2.24) is 0 Å². The molecular formula is C31H29F3. The third-order valence-electron chi connectivity index (χ3n) is 6.71. The van der Waals surface area contributed by atoms with Gasteiger partial charge in [-0.1, -0.05) is 60.4 Å². The van der Waals surface area contributed by atoms with Gasteiger partial charge >= 0.3 is 0 Å². The zero-order valence-corrected chi connectivity index (χ0v) is 19.5. The fourth-order valence-electron chi connectivity index (χ4n) is 4.74. The lowest BCUT2D eigenvalue weighted by Crippen LogP contribution is -2.13. The van der Waals surface area contributed by atoms with Crippen molar-refractivity contribution in [2.45, 2.75) is 45.4 Å². The monoisotopic (exact) mass is 458 g/mol. The van der Waals surface area contributed by atoms with Gasteiger partial charge in [0.1, 0.15) is 5.82 Å². The van der Waals surface area contributed by atoms with Gasteiger partial charge in [-0.15, -0.1) is 0 Å². The Morgan fingerprint density at radius 3 is 2.38 bits per heavy atom. The number of hydrogen-bond donors (Lipinski definition) is 0. The molecule has 3 heteroatoms. The first-order chi connectivity index (χ1) is 16.5. The maximum Gasteiger partial charge on any atom is 0.271 e. The van der Waals surface area contributed by atoms with E-state index in [0.29, 0.717) is 22.8 Å². The molecule has 0 unspecified atom stereocenters. The van der Waals surface area contributed by atoms with Gasteiger partial charge in [0.05, 0.1) is 0 Å². The van der Waals surface area contributed by atoms with E-state index in [1.54, 1.807) is 12.1 Å². The number of fused-ring (bicyclic) bond motifs is 1. The van der Waals surface area contributed by atoms with E-state index >= 15 is 0 Å². The summed E-state index contributed by atoms with van der Waals surface area (Å²) in [5.41, 5.74) is 2.84. The normalized spacial score (nSPS) is 18.0. The maximum absolute atomic E-state index is 14.6. The topological polar surface area (TPSA) is 0 Å². The smallest absolute Gasteiger partial charge is 0.206 e. The first kappa shape index (κ1) is 23.9. The summed E-state index contributed by atoms with van der Waals surface area (Å²) in [4.78, 5) is 0. The molecule has 3 aromatic rings. The minimum Gasteiger partial charge on any atom is -0.206 e. The van der Waals surface area contributed by atoms with E-state index in [1.165, 1.54) is 44.6 Å². The van der Waals surface area contributed by atoms with Crippen molar-refractivity contribution in [2.24, 2.45) is 11.8 Å². The summed E-state index contributed by atoms with van der Waals surface area (Å²) < 4.78 is 39.6. The predicted octanol–water partition coefficient (Wildman–Crippen LogP) is 9.40. The summed E-state index contributed by atoms with van der Waals surface area (Å²) in [5, 5.41) is 1.01. The fourth-order valence-corrected chi connectivity index (χ4v) is 4.74. The average molecular weight is 459 g/mol. The molecule has 4 rings (SSSR count). The predicted molar refractivity (Wildman–Crippen MR) is 136 cm³/mol. The molecule has 0 aromatic heterocycles. The van der Waals surface area contributed by atoms with Gasteiger partial charge in [-0.3, -0.25) is 0 Å². The van der Waals surface area contributed by atoms with Crippen LogP contribution in [0.2, 0.25) is 0 Å². The molecule has 1 aliphatic carbocycles. The van der Waals surface area contributed by atoms with Crippen LogP contribution in [0.4, 0.5) is 13.2 Å². The zero-order chi connectivity index (χ0) is 23.9. The Hall–Kier alpha value is -3.25. The fraction of sp³-hybridized carbons (Fsp3) is 0.290. The number of halogens is 3. The van der Waals surface area contributed by atoms with Crippen molar-refractivity contribution in [1.29, 1.82) is 0 Å². The van der Waals surface area contributed by atoms with Crippen molar-refractivity contribution in [3.63, 3.8) is 0 Å². The van der Waals surface area contributed by atoms with Crippen molar-refractivity contribution in [2.75, 3.05) is 0 Å². The Labute approximate surface area is 200 Å². The Kier molecular flexibility index (Phi) is 7.91. The van der Waals surface area contributed by atoms with Gasteiger partial charge < -0.3 is 0 Å². The molecule has 34 heavy (non-hydrogen) atoms. The average Bonchev–Trinajstić information content (AvgIpc) is 2.85. The van der Waals surface area contributed by atoms with Crippen LogP contribution in [0.3, 0.4) is 0 Å². The molecule has 0 radical (unpaired) electrons. The van der Waals surface area contributed by atoms with Crippen LogP contribution in [0.1, 0.15) is 56.6 Å². The largest absolute Gasteiger partial charge is 0.271 e. The lowest BCUT2D eigenvalue weighted by Gasteiger charge is -2.25. The van der Waals surface area contributed by atoms with Crippen LogP contribution in [0.5, 0.6) is 0 Å². The second-order valence-electron chi connectivity index (χ2n) is 9.05. The van der Waals surface area contributed by atoms with E-state index in [0.717, 1.165) is 22.6 Å². The van der Waals surface area contributed by atoms with Crippen LogP contribution >= 0.6 is 0 Å². The lowest BCUT2D eigenvalue weighted by atomic mass is 9.80. The van der Waals surface area contributed by atoms with Gasteiger partial charge in [0.25, 0.3) is 6.08 Å². The van der Waals surface area contributed by atoms with Gasteiger partial charge in [0.15, 0.2) is 0 Å². The molecule has 0 nitrogen and oxygen atoms in total. The molecule has 1 aliphatic rings. The maximum atomic E-state index is 14.6. The molecule has 3 aromatic carbocycles. The number of hydrogen-bond acceptors (Lipinski definition) is 0. The first-order valence-corrected chi connectivity index (χ1v) is 12.0. The van der Waals surface area contributed by atoms with Gasteiger partial charge in [0, 0.05) is 28.5 Å². The second-order valence-corrected chi connectivity index (χ2v) is 9.05. The summed E-state index contributed by atoms with van der Waals surface area (Å²) in [6, 6.07) is 16.5. The highest BCUT2D eigenvalue weighted by atomic mass is 19.3. The van der Waals surface area contributed by atoms with Crippen LogP contribution in [0.15, 0.2) is 72.8 Å². The highest BCUT2D eigenvalue weighted by molar-refractivity contribution is 5.89. The third-order valence-corrected chi connectivity index (χ3v) is 6.71. The van der Waals surface area contributed by atoms with E-state index in [9.17, 15) is 13.2 Å². The molecular weight excluding hydrogens is 429 g/mol. The molecule has 1 saturated carbocycles. The second kappa shape index (κ2) is 11.3. The van der Waals surface area contributed by atoms with Crippen molar-refractivity contribution >= 4 is 16.8 Å². The molecule has 1 fully saturated rings. The molecule has 0 spiro atoms. The minimum atomic E-state index is -1.91. The Bertz CT molecular complexity index is 1240. The summed E-state index contributed by atoms with van der Waals surface area (Å²) in [5.74, 6) is 7.51. The lowest BCUT2D eigenvalue weighted by molar-refractivity contribution is 0.303. The first-order valence-electron chi connectivity index (χ1n) is 12.0.